The summed E-state index contributed by atoms with van der Waals surface area (Å²) in [4.78, 5) is 0. The Morgan fingerprint density at radius 2 is 1.88 bits per heavy atom. The van der Waals surface area contributed by atoms with E-state index in [4.69, 9.17) is 11.6 Å². The van der Waals surface area contributed by atoms with Crippen LogP contribution in [0.25, 0.3) is 0 Å². The van der Waals surface area contributed by atoms with Gasteiger partial charge in [0, 0.05) is 10.9 Å². The zero-order chi connectivity index (χ0) is 13.1. The van der Waals surface area contributed by atoms with Crippen LogP contribution in [-0.2, 0) is 14.3 Å². The molecular formula is C11H15ClO4S. The van der Waals surface area contributed by atoms with Gasteiger partial charge < -0.3 is 5.11 Å². The van der Waals surface area contributed by atoms with E-state index >= 15 is 0 Å². The predicted molar refractivity (Wildman–Crippen MR) is 66.4 cm³/mol. The van der Waals surface area contributed by atoms with Crippen molar-refractivity contribution in [3.05, 3.63) is 34.9 Å². The van der Waals surface area contributed by atoms with Gasteiger partial charge in [0.05, 0.1) is 19.0 Å². The average molecular weight is 279 g/mol. The van der Waals surface area contributed by atoms with Gasteiger partial charge in [-0.25, -0.2) is 0 Å². The lowest BCUT2D eigenvalue weighted by Crippen LogP contribution is -2.17. The van der Waals surface area contributed by atoms with E-state index < -0.39 is 16.2 Å². The van der Waals surface area contributed by atoms with E-state index in [0.717, 1.165) is 6.26 Å². The molecule has 0 fully saturated rings. The minimum atomic E-state index is -3.47. The highest BCUT2D eigenvalue weighted by Crippen LogP contribution is 2.23. The first kappa shape index (κ1) is 14.4. The predicted octanol–water partition coefficient (Wildman–Crippen LogP) is 1.99. The maximum atomic E-state index is 10.8. The summed E-state index contributed by atoms with van der Waals surface area (Å²) in [5.41, 5.74) is 0.680. The van der Waals surface area contributed by atoms with Crippen LogP contribution in [0.1, 0.15) is 18.6 Å². The normalized spacial score (nSPS) is 15.5. The fourth-order valence-electron chi connectivity index (χ4n) is 1.31. The lowest BCUT2D eigenvalue weighted by Gasteiger charge is -2.18. The Bertz CT molecular complexity index is 455. The van der Waals surface area contributed by atoms with E-state index in [1.165, 1.54) is 0 Å². The quantitative estimate of drug-likeness (QED) is 0.837. The number of benzene rings is 1. The number of rotatable bonds is 5. The molecule has 0 saturated heterocycles. The van der Waals surface area contributed by atoms with Crippen LogP contribution in [-0.4, -0.2) is 26.4 Å². The molecule has 17 heavy (non-hydrogen) atoms. The molecule has 0 amide bonds. The maximum Gasteiger partial charge on any atom is 0.264 e. The first-order valence-corrected chi connectivity index (χ1v) is 7.27. The molecule has 1 aromatic rings. The highest BCUT2D eigenvalue weighted by Gasteiger charge is 2.18. The summed E-state index contributed by atoms with van der Waals surface area (Å²) < 4.78 is 26.3. The summed E-state index contributed by atoms with van der Waals surface area (Å²) in [6.45, 7) is 1.66. The summed E-state index contributed by atoms with van der Waals surface area (Å²) in [5.74, 6) is -0.328. The van der Waals surface area contributed by atoms with Crippen molar-refractivity contribution in [3.63, 3.8) is 0 Å². The standard InChI is InChI=1S/C11H15ClO4S/c1-8(7-16-17(2,14)15)11(13)9-3-5-10(12)6-4-9/h3-6,8,11,13H,7H2,1-2H3/t8-,11+/m1/s1. The van der Waals surface area contributed by atoms with E-state index in [2.05, 4.69) is 4.18 Å². The smallest absolute Gasteiger partial charge is 0.264 e. The van der Waals surface area contributed by atoms with Gasteiger partial charge in [0.15, 0.2) is 0 Å². The topological polar surface area (TPSA) is 63.6 Å². The molecule has 0 radical (unpaired) electrons. The van der Waals surface area contributed by atoms with Crippen molar-refractivity contribution < 1.29 is 17.7 Å². The van der Waals surface area contributed by atoms with Crippen molar-refractivity contribution in [2.24, 2.45) is 5.92 Å². The first-order valence-electron chi connectivity index (χ1n) is 5.07. The Hall–Kier alpha value is -0.620. The van der Waals surface area contributed by atoms with Gasteiger partial charge in [0.25, 0.3) is 10.1 Å². The van der Waals surface area contributed by atoms with Crippen LogP contribution in [0.3, 0.4) is 0 Å². The minimum Gasteiger partial charge on any atom is -0.388 e. The summed E-state index contributed by atoms with van der Waals surface area (Å²) in [7, 11) is -3.47. The molecule has 1 aromatic carbocycles. The first-order chi connectivity index (χ1) is 7.79. The van der Waals surface area contributed by atoms with Crippen molar-refractivity contribution in [2.75, 3.05) is 12.9 Å². The zero-order valence-electron chi connectivity index (χ0n) is 9.63. The molecule has 0 heterocycles. The lowest BCUT2D eigenvalue weighted by molar-refractivity contribution is 0.0867. The molecule has 0 aliphatic heterocycles. The van der Waals surface area contributed by atoms with E-state index in [-0.39, 0.29) is 12.5 Å². The molecule has 6 heteroatoms. The van der Waals surface area contributed by atoms with Gasteiger partial charge in [0.1, 0.15) is 0 Å². The Morgan fingerprint density at radius 3 is 2.35 bits per heavy atom. The average Bonchev–Trinajstić information content (AvgIpc) is 2.25. The Labute approximate surface area is 106 Å². The molecular weight excluding hydrogens is 264 g/mol. The molecule has 0 unspecified atom stereocenters. The number of hydrogen-bond acceptors (Lipinski definition) is 4. The summed E-state index contributed by atoms with van der Waals surface area (Å²) in [6, 6.07) is 6.74. The van der Waals surface area contributed by atoms with Gasteiger partial charge in [-0.05, 0) is 17.7 Å². The van der Waals surface area contributed by atoms with Crippen molar-refractivity contribution in [3.8, 4) is 0 Å². The second kappa shape index (κ2) is 5.82. The van der Waals surface area contributed by atoms with E-state index in [1.54, 1.807) is 31.2 Å². The van der Waals surface area contributed by atoms with Gasteiger partial charge >= 0.3 is 0 Å². The Kier molecular flexibility index (Phi) is 4.94. The van der Waals surface area contributed by atoms with E-state index in [9.17, 15) is 13.5 Å². The van der Waals surface area contributed by atoms with Crippen LogP contribution in [0.4, 0.5) is 0 Å². The third-order valence-electron chi connectivity index (χ3n) is 2.30. The van der Waals surface area contributed by atoms with Crippen molar-refractivity contribution in [2.45, 2.75) is 13.0 Å². The SMILES string of the molecule is C[C@H](COS(C)(=O)=O)[C@H](O)c1ccc(Cl)cc1. The maximum absolute atomic E-state index is 10.8. The molecule has 0 spiro atoms. The van der Waals surface area contributed by atoms with Gasteiger partial charge in [0.2, 0.25) is 0 Å². The summed E-state index contributed by atoms with van der Waals surface area (Å²) in [5, 5.41) is 10.5. The zero-order valence-corrected chi connectivity index (χ0v) is 11.2. The third kappa shape index (κ3) is 5.04. The highest BCUT2D eigenvalue weighted by atomic mass is 35.5. The molecule has 96 valence electrons. The summed E-state index contributed by atoms with van der Waals surface area (Å²) in [6.07, 6.45) is 0.197. The van der Waals surface area contributed by atoms with Crippen molar-refractivity contribution in [1.82, 2.24) is 0 Å². The Balaban J connectivity index is 2.63. The van der Waals surface area contributed by atoms with Gasteiger partial charge in [-0.3, -0.25) is 4.18 Å². The van der Waals surface area contributed by atoms with Crippen LogP contribution in [0, 0.1) is 5.92 Å². The number of aliphatic hydroxyl groups excluding tert-OH is 1. The highest BCUT2D eigenvalue weighted by molar-refractivity contribution is 7.85. The number of halogens is 1. The van der Waals surface area contributed by atoms with Crippen molar-refractivity contribution >= 4 is 21.7 Å². The number of hydrogen-bond donors (Lipinski definition) is 1. The van der Waals surface area contributed by atoms with Crippen molar-refractivity contribution in [1.29, 1.82) is 0 Å². The molecule has 2 atom stereocenters. The minimum absolute atomic E-state index is 0.0529. The lowest BCUT2D eigenvalue weighted by atomic mass is 9.98. The second-order valence-electron chi connectivity index (χ2n) is 3.96. The van der Waals surface area contributed by atoms with Crippen LogP contribution in [0.15, 0.2) is 24.3 Å². The molecule has 1 N–H and O–H groups in total. The summed E-state index contributed by atoms with van der Waals surface area (Å²) >= 11 is 5.73. The van der Waals surface area contributed by atoms with Gasteiger partial charge in [-0.1, -0.05) is 30.7 Å². The van der Waals surface area contributed by atoms with Crippen LogP contribution in [0.2, 0.25) is 5.02 Å². The van der Waals surface area contributed by atoms with Crippen LogP contribution < -0.4 is 0 Å². The van der Waals surface area contributed by atoms with Crippen LogP contribution >= 0.6 is 11.6 Å². The molecule has 0 aromatic heterocycles. The molecule has 4 nitrogen and oxygen atoms in total. The number of aliphatic hydroxyl groups is 1. The monoisotopic (exact) mass is 278 g/mol. The molecule has 1 rings (SSSR count). The van der Waals surface area contributed by atoms with E-state index in [1.807, 2.05) is 0 Å². The van der Waals surface area contributed by atoms with Gasteiger partial charge in [-0.15, -0.1) is 0 Å². The fraction of sp³-hybridized carbons (Fsp3) is 0.455. The molecule has 0 aliphatic rings. The molecule has 0 saturated carbocycles. The van der Waals surface area contributed by atoms with Gasteiger partial charge in [-0.2, -0.15) is 8.42 Å². The fourth-order valence-corrected chi connectivity index (χ4v) is 1.90. The van der Waals surface area contributed by atoms with E-state index in [0.29, 0.717) is 10.6 Å². The third-order valence-corrected chi connectivity index (χ3v) is 3.11. The Morgan fingerprint density at radius 1 is 1.35 bits per heavy atom. The second-order valence-corrected chi connectivity index (χ2v) is 6.04. The largest absolute Gasteiger partial charge is 0.388 e. The van der Waals surface area contributed by atoms with Crippen LogP contribution in [0.5, 0.6) is 0 Å². The molecule has 0 aliphatic carbocycles. The molecule has 0 bridgehead atoms.